The van der Waals surface area contributed by atoms with Gasteiger partial charge in [-0.2, -0.15) is 0 Å². The summed E-state index contributed by atoms with van der Waals surface area (Å²) in [4.78, 5) is 46.3. The van der Waals surface area contributed by atoms with Crippen LogP contribution in [-0.2, 0) is 25.7 Å². The van der Waals surface area contributed by atoms with E-state index in [0.717, 1.165) is 55.2 Å². The number of fused-ring (bicyclic) bond motifs is 2. The number of ether oxygens (including phenoxy) is 4. The van der Waals surface area contributed by atoms with Crippen LogP contribution in [0.3, 0.4) is 0 Å². The Morgan fingerprint density at radius 3 is 2.51 bits per heavy atom. The van der Waals surface area contributed by atoms with Gasteiger partial charge < -0.3 is 44.2 Å². The fourth-order valence-corrected chi connectivity index (χ4v) is 9.77. The van der Waals surface area contributed by atoms with Gasteiger partial charge in [0.25, 0.3) is 5.69 Å². The standard InChI is InChI=1S/C50H60N4O11/c1-3-28-62-50-44(53(2)45(57)25-20-34-18-21-37(22-19-34)54(59)60)32-42(52-65-46-17-9-12-29-61-46)40-30-36(15-7-10-26-55)39(16-8-11-27-56)47(48(40)50)41-31-38(23-24-43(41)64-50)63-49(58)51-33-35-13-5-4-6-14-35/h3-6,13-14,18-25,30-31,36,39,44,46-48,55-56H,1,7-12,15-17,26-29,32-33H2,2H3,(H,51,58). The lowest BCUT2D eigenvalue weighted by atomic mass is 9.55. The number of carbonyl (C=O) groups is 2. The van der Waals surface area contributed by atoms with Crippen molar-refractivity contribution in [3.63, 3.8) is 0 Å². The van der Waals surface area contributed by atoms with E-state index in [4.69, 9.17) is 28.9 Å². The second-order valence-electron chi connectivity index (χ2n) is 17.0. The maximum absolute atomic E-state index is 14.4. The number of hydrogen-bond acceptors (Lipinski definition) is 12. The molecule has 1 saturated carbocycles. The van der Waals surface area contributed by atoms with Gasteiger partial charge in [-0.3, -0.25) is 14.9 Å². The quantitative estimate of drug-likeness (QED) is 0.0326. The molecule has 2 heterocycles. The molecule has 4 aliphatic rings. The number of likely N-dealkylation sites (N-methyl/N-ethyl adjacent to an activating group) is 1. The van der Waals surface area contributed by atoms with E-state index in [0.29, 0.717) is 48.6 Å². The van der Waals surface area contributed by atoms with Crippen LogP contribution < -0.4 is 14.8 Å². The predicted molar refractivity (Wildman–Crippen MR) is 244 cm³/mol. The zero-order valence-corrected chi connectivity index (χ0v) is 36.9. The predicted octanol–water partition coefficient (Wildman–Crippen LogP) is 8.22. The van der Waals surface area contributed by atoms with Crippen molar-refractivity contribution >= 4 is 29.5 Å². The molecule has 2 aliphatic heterocycles. The number of amides is 2. The molecule has 2 fully saturated rings. The van der Waals surface area contributed by atoms with Gasteiger partial charge >= 0.3 is 6.09 Å². The number of carbonyl (C=O) groups excluding carboxylic acids is 2. The monoisotopic (exact) mass is 892 g/mol. The average Bonchev–Trinajstić information content (AvgIpc) is 3.33. The third-order valence-electron chi connectivity index (χ3n) is 12.9. The van der Waals surface area contributed by atoms with E-state index in [9.17, 15) is 29.9 Å². The number of oxime groups is 1. The number of rotatable bonds is 20. The van der Waals surface area contributed by atoms with Gasteiger partial charge in [-0.1, -0.05) is 60.5 Å². The molecular formula is C50H60N4O11. The van der Waals surface area contributed by atoms with Gasteiger partial charge in [-0.05, 0) is 103 Å². The van der Waals surface area contributed by atoms with Crippen LogP contribution in [0.1, 0.15) is 86.8 Å². The largest absolute Gasteiger partial charge is 0.459 e. The zero-order valence-electron chi connectivity index (χ0n) is 36.9. The van der Waals surface area contributed by atoms with Crippen LogP contribution in [0, 0.1) is 27.9 Å². The third kappa shape index (κ3) is 11.2. The average molecular weight is 893 g/mol. The number of non-ortho nitro benzene ring substituents is 1. The highest BCUT2D eigenvalue weighted by Crippen LogP contribution is 2.62. The summed E-state index contributed by atoms with van der Waals surface area (Å²) >= 11 is 0. The van der Waals surface area contributed by atoms with E-state index in [1.54, 1.807) is 48.4 Å². The summed E-state index contributed by atoms with van der Waals surface area (Å²) in [7, 11) is 1.70. The van der Waals surface area contributed by atoms with Crippen molar-refractivity contribution in [2.45, 2.75) is 94.8 Å². The Kier molecular flexibility index (Phi) is 16.2. The van der Waals surface area contributed by atoms with Gasteiger partial charge in [0.05, 0.1) is 29.8 Å². The first kappa shape index (κ1) is 47.1. The number of allylic oxidation sites excluding steroid dienone is 1. The van der Waals surface area contributed by atoms with Crippen LogP contribution in [0.25, 0.3) is 6.08 Å². The van der Waals surface area contributed by atoms with E-state index in [1.165, 1.54) is 18.2 Å². The van der Waals surface area contributed by atoms with Crippen molar-refractivity contribution in [1.29, 1.82) is 0 Å². The van der Waals surface area contributed by atoms with Crippen molar-refractivity contribution in [3.8, 4) is 11.5 Å². The van der Waals surface area contributed by atoms with Gasteiger partial charge in [0, 0.05) is 69.3 Å². The minimum Gasteiger partial charge on any atom is -0.459 e. The Morgan fingerprint density at radius 2 is 1.80 bits per heavy atom. The van der Waals surface area contributed by atoms with Crippen LogP contribution >= 0.6 is 0 Å². The van der Waals surface area contributed by atoms with Crippen molar-refractivity contribution in [3.05, 3.63) is 130 Å². The first-order valence-electron chi connectivity index (χ1n) is 22.7. The van der Waals surface area contributed by atoms with Crippen LogP contribution in [0.15, 0.2) is 108 Å². The third-order valence-corrected chi connectivity index (χ3v) is 12.9. The number of nitro benzene ring substituents is 1. The second-order valence-corrected chi connectivity index (χ2v) is 17.0. The Morgan fingerprint density at radius 1 is 1.03 bits per heavy atom. The summed E-state index contributed by atoms with van der Waals surface area (Å²) in [6.45, 7) is 5.02. The fraction of sp³-hybridized carbons (Fsp3) is 0.460. The van der Waals surface area contributed by atoms with Gasteiger partial charge in [-0.25, -0.2) is 4.79 Å². The first-order chi connectivity index (χ1) is 31.6. The van der Waals surface area contributed by atoms with Crippen molar-refractivity contribution in [2.75, 3.05) is 33.5 Å². The molecule has 3 aromatic rings. The maximum Gasteiger partial charge on any atom is 0.412 e. The SMILES string of the molecule is C=CCOC12Oc3ccc(OC(=O)NCc4ccccc4)cc3C3C(CCCCO)C(CCCCO)C=C(C(=NOC4CCCCO4)CC1N(C)C(=O)C=Cc1ccc([N+](=O)[O-])cc1)C32. The molecule has 2 aliphatic carbocycles. The highest BCUT2D eigenvalue weighted by atomic mass is 16.8. The van der Waals surface area contributed by atoms with Gasteiger partial charge in [0.15, 0.2) is 0 Å². The number of aliphatic hydroxyl groups is 2. The summed E-state index contributed by atoms with van der Waals surface area (Å²) in [5.74, 6) is -2.00. The Labute approximate surface area is 379 Å². The number of nitrogens with one attached hydrogen (secondary N) is 1. The molecule has 7 unspecified atom stereocenters. The highest BCUT2D eigenvalue weighted by molar-refractivity contribution is 6.03. The minimum absolute atomic E-state index is 0.00466. The fourth-order valence-electron chi connectivity index (χ4n) is 9.77. The number of hydrogen-bond donors (Lipinski definition) is 3. The first-order valence-corrected chi connectivity index (χ1v) is 22.7. The van der Waals surface area contributed by atoms with Crippen LogP contribution in [0.2, 0.25) is 0 Å². The minimum atomic E-state index is -1.50. The Hall–Kier alpha value is -5.87. The van der Waals surface area contributed by atoms with Crippen molar-refractivity contribution in [1.82, 2.24) is 10.2 Å². The van der Waals surface area contributed by atoms with E-state index < -0.39 is 35.1 Å². The van der Waals surface area contributed by atoms with E-state index in [-0.39, 0.29) is 62.1 Å². The van der Waals surface area contributed by atoms with Crippen molar-refractivity contribution in [2.24, 2.45) is 22.9 Å². The number of unbranched alkanes of at least 4 members (excludes halogenated alkanes) is 2. The molecule has 0 aromatic heterocycles. The zero-order chi connectivity index (χ0) is 45.8. The van der Waals surface area contributed by atoms with E-state index >= 15 is 0 Å². The molecule has 15 heteroatoms. The normalized spacial score (nSPS) is 25.1. The lowest BCUT2D eigenvalue weighted by molar-refractivity contribution is -0.384. The van der Waals surface area contributed by atoms with E-state index in [2.05, 4.69) is 18.0 Å². The maximum atomic E-state index is 14.4. The van der Waals surface area contributed by atoms with Gasteiger partial charge in [-0.15, -0.1) is 6.58 Å². The summed E-state index contributed by atoms with van der Waals surface area (Å²) in [5.41, 5.74) is 3.75. The summed E-state index contributed by atoms with van der Waals surface area (Å²) < 4.78 is 26.1. The molecule has 3 aromatic carbocycles. The van der Waals surface area contributed by atoms with Crippen LogP contribution in [-0.4, -0.2) is 89.3 Å². The van der Waals surface area contributed by atoms with Crippen LogP contribution in [0.4, 0.5) is 10.5 Å². The molecule has 0 bridgehead atoms. The van der Waals surface area contributed by atoms with Crippen LogP contribution in [0.5, 0.6) is 11.5 Å². The van der Waals surface area contributed by atoms with E-state index in [1.807, 2.05) is 36.4 Å². The number of nitrogens with zero attached hydrogens (tertiary/aromatic N) is 3. The molecule has 65 heavy (non-hydrogen) atoms. The smallest absolute Gasteiger partial charge is 0.412 e. The molecule has 15 nitrogen and oxygen atoms in total. The molecule has 1 saturated heterocycles. The van der Waals surface area contributed by atoms with Gasteiger partial charge in [0.1, 0.15) is 17.5 Å². The number of benzene rings is 3. The molecule has 346 valence electrons. The molecule has 0 spiro atoms. The molecule has 7 atom stereocenters. The lowest BCUT2D eigenvalue weighted by Crippen LogP contribution is -2.69. The van der Waals surface area contributed by atoms with Gasteiger partial charge in [0.2, 0.25) is 18.0 Å². The summed E-state index contributed by atoms with van der Waals surface area (Å²) in [5, 5.41) is 38.8. The number of nitro groups is 1. The van der Waals surface area contributed by atoms with Crippen molar-refractivity contribution < 1.29 is 48.5 Å². The summed E-state index contributed by atoms with van der Waals surface area (Å²) in [6.07, 6.45) is 12.7. The Balaban J connectivity index is 1.34. The number of aliphatic hydroxyl groups excluding tert-OH is 2. The lowest BCUT2D eigenvalue weighted by Gasteiger charge is -2.59. The Bertz CT molecular complexity index is 2210. The highest BCUT2D eigenvalue weighted by Gasteiger charge is 2.65. The molecule has 0 radical (unpaired) electrons. The molecule has 3 N–H and O–H groups in total. The molecule has 7 rings (SSSR count). The molecule has 2 amide bonds. The molecular weight excluding hydrogens is 833 g/mol. The topological polar surface area (TPSA) is 192 Å². The second kappa shape index (κ2) is 22.4. The summed E-state index contributed by atoms with van der Waals surface area (Å²) in [6, 6.07) is 20.0.